The third kappa shape index (κ3) is 18.4. The molecule has 0 unspecified atom stereocenters. The molecule has 8 nitrogen and oxygen atoms in total. The van der Waals surface area contributed by atoms with Crippen molar-refractivity contribution >= 4 is 17.8 Å². The highest BCUT2D eigenvalue weighted by Gasteiger charge is 2.20. The molecule has 2 amide bonds. The lowest BCUT2D eigenvalue weighted by Crippen LogP contribution is -2.41. The van der Waals surface area contributed by atoms with Crippen molar-refractivity contribution in [2.24, 2.45) is 0 Å². The molecule has 0 saturated carbocycles. The molecule has 0 heterocycles. The summed E-state index contributed by atoms with van der Waals surface area (Å²) in [5, 5.41) is 14.5. The number of ether oxygens (including phenoxy) is 2. The van der Waals surface area contributed by atoms with Gasteiger partial charge < -0.3 is 25.2 Å². The minimum atomic E-state index is -1.12. The molecule has 0 aliphatic heterocycles. The highest BCUT2D eigenvalue weighted by molar-refractivity contribution is 5.84. The fourth-order valence-corrected chi connectivity index (χ4v) is 2.93. The van der Waals surface area contributed by atoms with Gasteiger partial charge in [0.1, 0.15) is 6.04 Å². The number of carbonyl (C=O) groups is 3. The molecule has 0 spiro atoms. The number of carbonyl (C=O) groups excluding carboxylic acids is 2. The number of hydrogen-bond acceptors (Lipinski definition) is 5. The Bertz CT molecular complexity index is 459. The summed E-state index contributed by atoms with van der Waals surface area (Å²) >= 11 is 0. The number of amides is 2. The minimum absolute atomic E-state index is 0.0357. The summed E-state index contributed by atoms with van der Waals surface area (Å²) in [7, 11) is 0. The van der Waals surface area contributed by atoms with Gasteiger partial charge in [0.15, 0.2) is 0 Å². The number of unbranched alkanes of at least 4 members (excludes halogenated alkanes) is 7. The SMILES string of the molecule is CCCCCCCCCCC(=O)N[C@@H](CCC(=O)NCCOCCOCC)C(=O)O. The van der Waals surface area contributed by atoms with Gasteiger partial charge in [-0.25, -0.2) is 4.79 Å². The summed E-state index contributed by atoms with van der Waals surface area (Å²) in [6, 6.07) is -1.04. The summed E-state index contributed by atoms with van der Waals surface area (Å²) < 4.78 is 10.4. The summed E-state index contributed by atoms with van der Waals surface area (Å²) in [4.78, 5) is 35.2. The van der Waals surface area contributed by atoms with Crippen molar-refractivity contribution < 1.29 is 29.0 Å². The second-order valence-corrected chi connectivity index (χ2v) is 7.38. The van der Waals surface area contributed by atoms with Crippen LogP contribution in [0.2, 0.25) is 0 Å². The third-order valence-electron chi connectivity index (χ3n) is 4.70. The Kier molecular flexibility index (Phi) is 19.5. The molecule has 8 heteroatoms. The van der Waals surface area contributed by atoms with Gasteiger partial charge in [-0.05, 0) is 19.8 Å². The van der Waals surface area contributed by atoms with Crippen LogP contribution in [0.3, 0.4) is 0 Å². The van der Waals surface area contributed by atoms with Crippen LogP contribution in [-0.4, -0.2) is 61.9 Å². The molecule has 0 rings (SSSR count). The van der Waals surface area contributed by atoms with Crippen molar-refractivity contribution in [2.45, 2.75) is 90.5 Å². The molecule has 0 saturated heterocycles. The van der Waals surface area contributed by atoms with E-state index in [4.69, 9.17) is 9.47 Å². The molecule has 30 heavy (non-hydrogen) atoms. The average molecular weight is 431 g/mol. The first-order chi connectivity index (χ1) is 14.5. The van der Waals surface area contributed by atoms with Gasteiger partial charge in [-0.3, -0.25) is 9.59 Å². The van der Waals surface area contributed by atoms with E-state index in [2.05, 4.69) is 17.6 Å². The maximum absolute atomic E-state index is 12.0. The largest absolute Gasteiger partial charge is 0.480 e. The quantitative estimate of drug-likeness (QED) is 0.241. The molecule has 176 valence electrons. The van der Waals surface area contributed by atoms with Crippen molar-refractivity contribution in [3.63, 3.8) is 0 Å². The van der Waals surface area contributed by atoms with E-state index in [-0.39, 0.29) is 24.7 Å². The zero-order chi connectivity index (χ0) is 22.5. The molecular formula is C22H42N2O6. The van der Waals surface area contributed by atoms with Gasteiger partial charge >= 0.3 is 5.97 Å². The molecule has 0 bridgehead atoms. The highest BCUT2D eigenvalue weighted by atomic mass is 16.5. The summed E-state index contributed by atoms with van der Waals surface area (Å²) in [6.07, 6.45) is 9.47. The smallest absolute Gasteiger partial charge is 0.326 e. The first kappa shape index (κ1) is 28.3. The lowest BCUT2D eigenvalue weighted by molar-refractivity contribution is -0.142. The Morgan fingerprint density at radius 3 is 2.07 bits per heavy atom. The van der Waals surface area contributed by atoms with Crippen molar-refractivity contribution in [1.82, 2.24) is 10.6 Å². The molecule has 0 radical (unpaired) electrons. The van der Waals surface area contributed by atoms with Gasteiger partial charge in [-0.15, -0.1) is 0 Å². The Hall–Kier alpha value is -1.67. The predicted octanol–water partition coefficient (Wildman–Crippen LogP) is 3.04. The van der Waals surface area contributed by atoms with E-state index in [0.717, 1.165) is 19.3 Å². The van der Waals surface area contributed by atoms with Gasteiger partial charge in [0.05, 0.1) is 19.8 Å². The van der Waals surface area contributed by atoms with Crippen molar-refractivity contribution in [2.75, 3.05) is 33.0 Å². The fourth-order valence-electron chi connectivity index (χ4n) is 2.93. The van der Waals surface area contributed by atoms with E-state index in [1.54, 1.807) is 0 Å². The topological polar surface area (TPSA) is 114 Å². The van der Waals surface area contributed by atoms with E-state index in [1.165, 1.54) is 32.1 Å². The van der Waals surface area contributed by atoms with Crippen LogP contribution in [0.4, 0.5) is 0 Å². The Labute approximate surface area is 181 Å². The van der Waals surface area contributed by atoms with E-state index in [0.29, 0.717) is 39.4 Å². The van der Waals surface area contributed by atoms with Crippen LogP contribution in [0.25, 0.3) is 0 Å². The molecular weight excluding hydrogens is 388 g/mol. The maximum atomic E-state index is 12.0. The van der Waals surface area contributed by atoms with Crippen LogP contribution in [0.15, 0.2) is 0 Å². The van der Waals surface area contributed by atoms with E-state index in [1.807, 2.05) is 6.92 Å². The molecule has 0 aliphatic carbocycles. The average Bonchev–Trinajstić information content (AvgIpc) is 2.72. The number of aliphatic carboxylic acids is 1. The summed E-state index contributed by atoms with van der Waals surface area (Å²) in [6.45, 7) is 6.45. The monoisotopic (exact) mass is 430 g/mol. The van der Waals surface area contributed by atoms with Crippen molar-refractivity contribution in [1.29, 1.82) is 0 Å². The lowest BCUT2D eigenvalue weighted by atomic mass is 10.1. The molecule has 0 aliphatic rings. The van der Waals surface area contributed by atoms with Gasteiger partial charge in [-0.1, -0.05) is 51.9 Å². The Morgan fingerprint density at radius 1 is 0.800 bits per heavy atom. The normalized spacial score (nSPS) is 11.8. The fraction of sp³-hybridized carbons (Fsp3) is 0.864. The van der Waals surface area contributed by atoms with Crippen LogP contribution in [0, 0.1) is 0 Å². The molecule has 0 aromatic rings. The number of carboxylic acids is 1. The lowest BCUT2D eigenvalue weighted by Gasteiger charge is -2.14. The van der Waals surface area contributed by atoms with Crippen LogP contribution in [-0.2, 0) is 23.9 Å². The number of carboxylic acid groups (broad SMARTS) is 1. The third-order valence-corrected chi connectivity index (χ3v) is 4.70. The molecule has 0 aromatic carbocycles. The predicted molar refractivity (Wildman–Crippen MR) is 116 cm³/mol. The number of nitrogens with one attached hydrogen (secondary N) is 2. The van der Waals surface area contributed by atoms with Crippen LogP contribution < -0.4 is 10.6 Å². The van der Waals surface area contributed by atoms with Gasteiger partial charge in [0, 0.05) is 26.0 Å². The highest BCUT2D eigenvalue weighted by Crippen LogP contribution is 2.09. The zero-order valence-electron chi connectivity index (χ0n) is 18.9. The standard InChI is InChI=1S/C22H42N2O6/c1-3-5-6-7-8-9-10-11-12-21(26)24-19(22(27)28)13-14-20(25)23-15-16-30-18-17-29-4-2/h19H,3-18H2,1-2H3,(H,23,25)(H,24,26)(H,27,28)/t19-/m0/s1. The Morgan fingerprint density at radius 2 is 1.43 bits per heavy atom. The first-order valence-corrected chi connectivity index (χ1v) is 11.5. The molecule has 3 N–H and O–H groups in total. The zero-order valence-corrected chi connectivity index (χ0v) is 18.9. The Balaban J connectivity index is 3.83. The summed E-state index contributed by atoms with van der Waals surface area (Å²) in [5.74, 6) is -1.64. The van der Waals surface area contributed by atoms with Gasteiger partial charge in [-0.2, -0.15) is 0 Å². The van der Waals surface area contributed by atoms with Crippen LogP contribution >= 0.6 is 0 Å². The van der Waals surface area contributed by atoms with E-state index < -0.39 is 12.0 Å². The maximum Gasteiger partial charge on any atom is 0.326 e. The van der Waals surface area contributed by atoms with Crippen molar-refractivity contribution in [3.05, 3.63) is 0 Å². The van der Waals surface area contributed by atoms with Gasteiger partial charge in [0.2, 0.25) is 11.8 Å². The first-order valence-electron chi connectivity index (χ1n) is 11.5. The van der Waals surface area contributed by atoms with Crippen LogP contribution in [0.5, 0.6) is 0 Å². The molecule has 0 fully saturated rings. The van der Waals surface area contributed by atoms with E-state index in [9.17, 15) is 19.5 Å². The van der Waals surface area contributed by atoms with Crippen molar-refractivity contribution in [3.8, 4) is 0 Å². The minimum Gasteiger partial charge on any atom is -0.480 e. The van der Waals surface area contributed by atoms with E-state index >= 15 is 0 Å². The van der Waals surface area contributed by atoms with Gasteiger partial charge in [0.25, 0.3) is 0 Å². The van der Waals surface area contributed by atoms with Crippen LogP contribution in [0.1, 0.15) is 84.5 Å². The summed E-state index contributed by atoms with van der Waals surface area (Å²) in [5.41, 5.74) is 0. The number of rotatable bonds is 21. The second-order valence-electron chi connectivity index (χ2n) is 7.38. The molecule has 0 aromatic heterocycles. The molecule has 1 atom stereocenters. The number of hydrogen-bond donors (Lipinski definition) is 3. The second kappa shape index (κ2) is 20.6.